The molecule has 16 aromatic heterocycles. The number of quaternary nitrogens is 1. The Bertz CT molecular complexity index is 7020. The van der Waals surface area contributed by atoms with Crippen LogP contribution in [-0.4, -0.2) is 177 Å². The normalized spacial score (nSPS) is 11.3. The molecule has 135 heavy (non-hydrogen) atoms. The first-order valence-corrected chi connectivity index (χ1v) is 45.5. The van der Waals surface area contributed by atoms with Gasteiger partial charge in [-0.05, 0) is 185 Å². The van der Waals surface area contributed by atoms with Crippen molar-refractivity contribution in [3.63, 3.8) is 0 Å². The number of halogens is 10. The largest absolute Gasteiger partial charge is 1.00 e. The van der Waals surface area contributed by atoms with Crippen LogP contribution in [0.25, 0.3) is 88.3 Å². The Morgan fingerprint density at radius 3 is 1.25 bits per heavy atom. The number of nitrogens with zero attached hydrogens (tertiary/aromatic N) is 16. The molecule has 710 valence electrons. The summed E-state index contributed by atoms with van der Waals surface area (Å²) >= 11 is 49.9. The molecule has 16 heterocycles. The highest BCUT2D eigenvalue weighted by molar-refractivity contribution is 9.09. The highest BCUT2D eigenvalue weighted by Crippen LogP contribution is 2.36. The third kappa shape index (κ3) is 31.8. The quantitative estimate of drug-likeness (QED) is 0.0141. The molecule has 30 nitrogen and oxygen atoms in total. The van der Waals surface area contributed by atoms with Gasteiger partial charge in [-0.25, -0.2) is 63.4 Å². The van der Waals surface area contributed by atoms with Gasteiger partial charge in [0.05, 0.1) is 121 Å². The number of nitrogens with two attached hydrogens (primary N) is 1. The minimum atomic E-state index is -0.780. The van der Waals surface area contributed by atoms with Gasteiger partial charge >= 0.3 is 18.2 Å². The second-order valence-corrected chi connectivity index (χ2v) is 39.6. The number of hydrogen-bond acceptors (Lipinski definition) is 21. The lowest BCUT2D eigenvalue weighted by Crippen LogP contribution is -3.00. The molecular formula is C95H103BrCl8IN23O7. The van der Waals surface area contributed by atoms with Gasteiger partial charge in [-0.15, -0.1) is 0 Å². The zero-order chi connectivity index (χ0) is 99.3. The first-order chi connectivity index (χ1) is 62.8. The van der Waals surface area contributed by atoms with Crippen molar-refractivity contribution in [2.24, 2.45) is 5.73 Å². The third-order valence-electron chi connectivity index (χ3n) is 19.1. The molecule has 8 N–H and O–H groups in total. The fourth-order valence-electron chi connectivity index (χ4n) is 12.8. The third-order valence-corrected chi connectivity index (χ3v) is 21.3. The van der Waals surface area contributed by atoms with Crippen LogP contribution in [0.2, 0.25) is 40.2 Å². The standard InChI is InChI=1S/C16H18ClN3O2.C14H14ClN3O2.C11H15ClN3.C11H14ClN3.C11H10ClN3.C10H12ClN3.C9H6ClN3.C7H5ClN2.C6H9BrO3.HI/c1-15(2,3)22-14(21)20-8-12(16(4,5)9-18)11-6-10(17)7-19-13(11)20;1-14(2,3)20-13(19)18-8-9(4-5-16)11-6-10(15)7-17-12(11)18;1-15(2,3)7-8-5-13-11-10(8)4-9(12)6-14-11;2*1-11(2,6-13)9-5-15-10-8(9)3-7(12)4-14-10;1-14(2)6-7-4-12-10-9(7)3-8(11)5-13-10;10-7-3-8-6(1-2-11)4-12-9(8)13-5-7;8-6-3-5-1-2-9-7(5)10-4-6;1-4(2)10-6(9)5(8)3-7;/h6-8H,1-5H3;6-8H,4H2,1-3H3;4-6H,7H2,1-3H3,(H,13,14);3-5H,6,13H2,1-2H3,(H,14,15);3-5H,1-2H3,(H,14,15);3-5H,6H2,1-2H3,(H,12,13);3-5H,1H2,(H,12,13);1-4H,(H,9,10);4H,3H2,1-2H3;1H/q;;+1;;;;;;;/p-1. The van der Waals surface area contributed by atoms with Crippen LogP contribution >= 0.6 is 109 Å². The molecule has 16 aromatic rings. The Morgan fingerprint density at radius 2 is 0.822 bits per heavy atom. The Labute approximate surface area is 846 Å². The molecule has 0 atom stereocenters. The molecule has 0 aromatic carbocycles. The summed E-state index contributed by atoms with van der Waals surface area (Å²) in [5.74, 6) is -1.32. The van der Waals surface area contributed by atoms with Crippen molar-refractivity contribution in [3.05, 3.63) is 233 Å². The fourth-order valence-corrected chi connectivity index (χ4v) is 14.3. The second kappa shape index (κ2) is 48.6. The highest BCUT2D eigenvalue weighted by Gasteiger charge is 2.31. The number of fused-ring (bicyclic) bond motifs is 8. The van der Waals surface area contributed by atoms with Gasteiger partial charge in [0.1, 0.15) is 62.9 Å². The second-order valence-electron chi connectivity index (χ2n) is 35.5. The van der Waals surface area contributed by atoms with Crippen LogP contribution in [-0.2, 0) is 66.0 Å². The summed E-state index contributed by atoms with van der Waals surface area (Å²) in [6.45, 7) is 28.1. The van der Waals surface area contributed by atoms with Crippen molar-refractivity contribution in [2.75, 3.05) is 47.1 Å². The number of ketones is 1. The molecule has 0 amide bonds. The molecule has 0 spiro atoms. The molecule has 0 aliphatic carbocycles. The number of ether oxygens (including phenoxy) is 3. The maximum atomic E-state index is 12.4. The summed E-state index contributed by atoms with van der Waals surface area (Å²) in [4.78, 5) is 99.5. The number of alkyl halides is 1. The van der Waals surface area contributed by atoms with E-state index in [9.17, 15) is 24.4 Å². The van der Waals surface area contributed by atoms with E-state index in [1.807, 2.05) is 101 Å². The topological polar surface area (TPSA) is 428 Å². The van der Waals surface area contributed by atoms with Gasteiger partial charge in [0.25, 0.3) is 5.78 Å². The van der Waals surface area contributed by atoms with Crippen LogP contribution in [0.4, 0.5) is 9.59 Å². The Hall–Kier alpha value is -11.0. The van der Waals surface area contributed by atoms with Crippen LogP contribution < -0.4 is 29.7 Å². The fraction of sp³-hybridized carbons (Fsp3) is 0.326. The number of H-pyrrole nitrogens is 6. The van der Waals surface area contributed by atoms with E-state index in [0.717, 1.165) is 100 Å². The summed E-state index contributed by atoms with van der Waals surface area (Å²) in [5, 5.41) is 48.2. The molecule has 0 aliphatic rings. The Kier molecular flexibility index (Phi) is 40.0. The first kappa shape index (κ1) is 111. The lowest BCUT2D eigenvalue weighted by atomic mass is 9.85. The van der Waals surface area contributed by atoms with Crippen LogP contribution in [0, 0.1) is 45.3 Å². The van der Waals surface area contributed by atoms with Crippen LogP contribution in [0.5, 0.6) is 0 Å². The lowest BCUT2D eigenvalue weighted by Gasteiger charge is -2.23. The summed E-state index contributed by atoms with van der Waals surface area (Å²) in [6, 6.07) is 25.3. The maximum absolute atomic E-state index is 12.4. The number of aromatic amines is 6. The maximum Gasteiger partial charge on any atom is 0.420 e. The van der Waals surface area contributed by atoms with E-state index in [4.69, 9.17) is 124 Å². The highest BCUT2D eigenvalue weighted by atomic mass is 127. The van der Waals surface area contributed by atoms with Crippen molar-refractivity contribution in [2.45, 2.75) is 156 Å². The number of rotatable bonds is 13. The number of carbonyl (C=O) groups excluding carboxylic acids is 4. The molecule has 0 radical (unpaired) electrons. The molecule has 0 saturated heterocycles. The summed E-state index contributed by atoms with van der Waals surface area (Å²) in [5.41, 5.74) is 16.0. The number of esters is 1. The zero-order valence-corrected chi connectivity index (χ0v) is 87.4. The van der Waals surface area contributed by atoms with Gasteiger partial charge < -0.3 is 83.2 Å². The molecule has 40 heteroatoms. The van der Waals surface area contributed by atoms with Gasteiger partial charge in [0, 0.05) is 166 Å². The van der Waals surface area contributed by atoms with E-state index in [2.05, 4.69) is 155 Å². The van der Waals surface area contributed by atoms with Gasteiger partial charge in [0.15, 0.2) is 0 Å². The van der Waals surface area contributed by atoms with Gasteiger partial charge in [0.2, 0.25) is 0 Å². The average molecular weight is 2170 g/mol. The lowest BCUT2D eigenvalue weighted by molar-refractivity contribution is -0.883. The van der Waals surface area contributed by atoms with Crippen molar-refractivity contribution in [1.82, 2.24) is 83.8 Å². The van der Waals surface area contributed by atoms with E-state index in [1.54, 1.807) is 137 Å². The van der Waals surface area contributed by atoms with Crippen LogP contribution in [0.15, 0.2) is 154 Å². The number of pyridine rings is 8. The number of nitriles is 4. The van der Waals surface area contributed by atoms with Crippen LogP contribution in [0.1, 0.15) is 136 Å². The van der Waals surface area contributed by atoms with Crippen molar-refractivity contribution in [3.8, 4) is 24.3 Å². The number of aromatic nitrogens is 16. The molecule has 0 aliphatic heterocycles. The molecule has 16 rings (SSSR count). The van der Waals surface area contributed by atoms with Crippen molar-refractivity contribution >= 4 is 221 Å². The van der Waals surface area contributed by atoms with Gasteiger partial charge in [-0.3, -0.25) is 4.79 Å². The summed E-state index contributed by atoms with van der Waals surface area (Å²) < 4.78 is 18.8. The van der Waals surface area contributed by atoms with E-state index < -0.39 is 46.0 Å². The molecule has 0 fully saturated rings. The minimum absolute atomic E-state index is 0. The molecule has 0 bridgehead atoms. The van der Waals surface area contributed by atoms with Crippen LogP contribution in [0.3, 0.4) is 0 Å². The van der Waals surface area contributed by atoms with Gasteiger partial charge in [-0.1, -0.05) is 123 Å². The first-order valence-electron chi connectivity index (χ1n) is 41.3. The Morgan fingerprint density at radius 1 is 0.467 bits per heavy atom. The smallest absolute Gasteiger partial charge is 0.420 e. The van der Waals surface area contributed by atoms with Crippen molar-refractivity contribution in [1.29, 1.82) is 21.0 Å². The van der Waals surface area contributed by atoms with E-state index in [1.165, 1.54) is 32.7 Å². The molecule has 0 saturated carbocycles. The number of Topliss-reactive ketones (excluding diaryl/α,β-unsaturated/α-hetero) is 1. The Balaban J connectivity index is 0.000000209. The van der Waals surface area contributed by atoms with E-state index >= 15 is 0 Å². The van der Waals surface area contributed by atoms with Crippen molar-refractivity contribution < 1.29 is 61.8 Å². The zero-order valence-electron chi connectivity index (χ0n) is 77.6. The summed E-state index contributed by atoms with van der Waals surface area (Å²) in [7, 11) is 10.6. The summed E-state index contributed by atoms with van der Waals surface area (Å²) in [6.07, 6.45) is 26.5. The number of carbonyl (C=O) groups is 4. The molecular weight excluding hydrogens is 2070 g/mol. The monoisotopic (exact) mass is 2160 g/mol. The van der Waals surface area contributed by atoms with Gasteiger partial charge in [-0.2, -0.15) is 21.0 Å². The predicted molar refractivity (Wildman–Crippen MR) is 537 cm³/mol. The number of hydrogen-bond donors (Lipinski definition) is 7. The SMILES string of the molecule is CC(C)(C#N)c1c[nH]c2ncc(Cl)cc12.CC(C)(C)OC(=O)n1cc(C(C)(C)C#N)c2cc(Cl)cnc21.CC(C)(C)OC(=O)n1cc(CC#N)c2cc(Cl)cnc21.CC(C)(CN)c1c[nH]c2ncc(Cl)cc12.CC(C)OC(=O)C(=O)CBr.CN(C)Cc1c[nH]c2ncc(Cl)cc12.C[N+](C)(C)Cc1c[nH]c2ncc(Cl)cc12.Clc1cnc2[nH]ccc2c1.N#CCc1c[nH]c2ncc(Cl)cc12.[I-]. The molecule has 0 unspecified atom stereocenters. The minimum Gasteiger partial charge on any atom is -1.00 e. The number of nitrogens with one attached hydrogen (secondary N) is 6. The van der Waals surface area contributed by atoms with E-state index in [-0.39, 0.29) is 47.2 Å². The predicted octanol–water partition coefficient (Wildman–Crippen LogP) is 20.4. The van der Waals surface area contributed by atoms with E-state index in [0.29, 0.717) is 86.3 Å². The average Bonchev–Trinajstić information content (AvgIpc) is 1.61.